The van der Waals surface area contributed by atoms with Crippen LogP contribution in [0.2, 0.25) is 0 Å². The van der Waals surface area contributed by atoms with Crippen molar-refractivity contribution < 1.29 is 0 Å². The molecule has 0 aliphatic rings. The van der Waals surface area contributed by atoms with E-state index in [0.717, 1.165) is 22.1 Å². The number of aromatic nitrogens is 3. The normalized spacial score (nSPS) is 11.7. The number of hydrogen-bond donors (Lipinski definition) is 0. The third kappa shape index (κ3) is 4.68. The second-order valence-electron chi connectivity index (χ2n) is 12.4. The summed E-state index contributed by atoms with van der Waals surface area (Å²) in [6.45, 7) is 0. The lowest BCUT2D eigenvalue weighted by Crippen LogP contribution is -2.00. The van der Waals surface area contributed by atoms with E-state index >= 15 is 0 Å². The van der Waals surface area contributed by atoms with Crippen molar-refractivity contribution in [2.75, 3.05) is 0 Å². The molecule has 0 radical (unpaired) electrons. The third-order valence-corrected chi connectivity index (χ3v) is 10.7. The van der Waals surface area contributed by atoms with Crippen LogP contribution in [0.5, 0.6) is 0 Å². The van der Waals surface area contributed by atoms with Gasteiger partial charge in [-0.1, -0.05) is 140 Å². The predicted octanol–water partition coefficient (Wildman–Crippen LogP) is 12.4. The largest absolute Gasteiger partial charge is 0.208 e. The first kappa shape index (κ1) is 27.8. The van der Waals surface area contributed by atoms with Crippen molar-refractivity contribution in [1.82, 2.24) is 15.0 Å². The Labute approximate surface area is 286 Å². The number of fused-ring (bicyclic) bond motifs is 8. The van der Waals surface area contributed by atoms with E-state index in [1.54, 1.807) is 0 Å². The number of thiophene rings is 1. The SMILES string of the molecule is c1ccc(-c2ccc3ccc(-c4nc(-c5ccccc5)nc(-c5cc6ccc7ccccc7c6c6sc7ccccc7c56)n4)cc3c2)cc1. The molecule has 228 valence electrons. The second kappa shape index (κ2) is 11.2. The Morgan fingerprint density at radius 1 is 0.347 bits per heavy atom. The molecule has 2 heterocycles. The van der Waals surface area contributed by atoms with Crippen LogP contribution >= 0.6 is 11.3 Å². The molecule has 0 amide bonds. The molecule has 0 spiro atoms. The molecule has 0 aliphatic heterocycles. The van der Waals surface area contributed by atoms with Gasteiger partial charge in [-0.15, -0.1) is 11.3 Å². The van der Waals surface area contributed by atoms with Gasteiger partial charge >= 0.3 is 0 Å². The topological polar surface area (TPSA) is 38.7 Å². The quantitative estimate of drug-likeness (QED) is 0.180. The average Bonchev–Trinajstić information content (AvgIpc) is 3.57. The van der Waals surface area contributed by atoms with Crippen LogP contribution in [0.4, 0.5) is 0 Å². The summed E-state index contributed by atoms with van der Waals surface area (Å²) in [6, 6.07) is 57.9. The van der Waals surface area contributed by atoms with Gasteiger partial charge in [-0.3, -0.25) is 0 Å². The summed E-state index contributed by atoms with van der Waals surface area (Å²) >= 11 is 1.85. The highest BCUT2D eigenvalue weighted by Crippen LogP contribution is 2.45. The predicted molar refractivity (Wildman–Crippen MR) is 207 cm³/mol. The van der Waals surface area contributed by atoms with Crippen molar-refractivity contribution in [3.05, 3.63) is 164 Å². The van der Waals surface area contributed by atoms with Crippen LogP contribution in [-0.2, 0) is 0 Å². The van der Waals surface area contributed by atoms with Gasteiger partial charge in [0.25, 0.3) is 0 Å². The minimum atomic E-state index is 0.655. The van der Waals surface area contributed by atoms with Gasteiger partial charge in [0.2, 0.25) is 0 Å². The number of nitrogens with zero attached hydrogens (tertiary/aromatic N) is 3. The van der Waals surface area contributed by atoms with Crippen LogP contribution in [0.25, 0.3) is 97.8 Å². The lowest BCUT2D eigenvalue weighted by atomic mass is 9.96. The summed E-state index contributed by atoms with van der Waals surface area (Å²) in [7, 11) is 0. The fourth-order valence-electron chi connectivity index (χ4n) is 7.09. The van der Waals surface area contributed by atoms with Crippen LogP contribution in [0.3, 0.4) is 0 Å². The van der Waals surface area contributed by atoms with Crippen molar-refractivity contribution in [3.8, 4) is 45.3 Å². The molecular weight excluding hydrogens is 615 g/mol. The Morgan fingerprint density at radius 2 is 0.939 bits per heavy atom. The molecule has 0 unspecified atom stereocenters. The van der Waals surface area contributed by atoms with Gasteiger partial charge < -0.3 is 0 Å². The van der Waals surface area contributed by atoms with Gasteiger partial charge in [0.1, 0.15) is 0 Å². The van der Waals surface area contributed by atoms with E-state index in [4.69, 9.17) is 15.0 Å². The van der Waals surface area contributed by atoms with E-state index in [0.29, 0.717) is 17.5 Å². The molecule has 10 rings (SSSR count). The molecule has 2 aromatic heterocycles. The highest BCUT2D eigenvalue weighted by molar-refractivity contribution is 7.27. The van der Waals surface area contributed by atoms with Gasteiger partial charge in [0.05, 0.1) is 0 Å². The second-order valence-corrected chi connectivity index (χ2v) is 13.5. The smallest absolute Gasteiger partial charge is 0.164 e. The summed E-state index contributed by atoms with van der Waals surface area (Å²) in [5.41, 5.74) is 5.30. The van der Waals surface area contributed by atoms with Crippen LogP contribution in [0, 0.1) is 0 Å². The number of benzene rings is 8. The van der Waals surface area contributed by atoms with Crippen LogP contribution in [0.1, 0.15) is 0 Å². The summed E-state index contributed by atoms with van der Waals surface area (Å²) < 4.78 is 2.51. The number of hydrogen-bond acceptors (Lipinski definition) is 4. The van der Waals surface area contributed by atoms with E-state index in [2.05, 4.69) is 146 Å². The van der Waals surface area contributed by atoms with E-state index < -0.39 is 0 Å². The summed E-state index contributed by atoms with van der Waals surface area (Å²) in [4.78, 5) is 15.6. The van der Waals surface area contributed by atoms with Crippen LogP contribution in [0.15, 0.2) is 164 Å². The van der Waals surface area contributed by atoms with E-state index in [9.17, 15) is 0 Å². The fourth-order valence-corrected chi connectivity index (χ4v) is 8.39. The standard InChI is InChI=1S/C45H27N3S/c1-3-11-28(12-4-1)32-22-19-29-20-24-34(26-35(29)25-32)44-46-43(31-14-5-2-6-15-31)47-45(48-44)38-27-33-23-21-30-13-7-8-16-36(30)40(33)42-41(38)37-17-9-10-18-39(37)49-42/h1-27H. The first-order chi connectivity index (χ1) is 24.3. The van der Waals surface area contributed by atoms with E-state index in [1.807, 2.05) is 29.5 Å². The molecule has 0 aliphatic carbocycles. The zero-order valence-electron chi connectivity index (χ0n) is 26.3. The molecule has 0 saturated heterocycles. The van der Waals surface area contributed by atoms with Crippen molar-refractivity contribution in [2.24, 2.45) is 0 Å². The lowest BCUT2D eigenvalue weighted by molar-refractivity contribution is 1.08. The maximum absolute atomic E-state index is 5.27. The highest BCUT2D eigenvalue weighted by Gasteiger charge is 2.20. The highest BCUT2D eigenvalue weighted by atomic mass is 32.1. The molecular formula is C45H27N3S. The molecule has 3 nitrogen and oxygen atoms in total. The molecule has 8 aromatic carbocycles. The average molecular weight is 642 g/mol. The van der Waals surface area contributed by atoms with Crippen LogP contribution in [-0.4, -0.2) is 15.0 Å². The minimum Gasteiger partial charge on any atom is -0.208 e. The van der Waals surface area contributed by atoms with E-state index in [1.165, 1.54) is 58.2 Å². The minimum absolute atomic E-state index is 0.655. The Morgan fingerprint density at radius 3 is 1.76 bits per heavy atom. The van der Waals surface area contributed by atoms with Gasteiger partial charge in [-0.2, -0.15) is 0 Å². The van der Waals surface area contributed by atoms with Crippen molar-refractivity contribution in [2.45, 2.75) is 0 Å². The molecule has 0 saturated carbocycles. The van der Waals surface area contributed by atoms with Gasteiger partial charge in [-0.25, -0.2) is 15.0 Å². The molecule has 0 N–H and O–H groups in total. The maximum atomic E-state index is 5.27. The Balaban J connectivity index is 1.25. The van der Waals surface area contributed by atoms with Gasteiger partial charge in [0, 0.05) is 42.2 Å². The molecule has 4 heteroatoms. The zero-order valence-corrected chi connectivity index (χ0v) is 27.2. The first-order valence-corrected chi connectivity index (χ1v) is 17.3. The Bertz CT molecular complexity index is 2880. The molecule has 0 fully saturated rings. The third-order valence-electron chi connectivity index (χ3n) is 9.47. The molecule has 0 atom stereocenters. The van der Waals surface area contributed by atoms with Crippen molar-refractivity contribution >= 4 is 63.8 Å². The zero-order chi connectivity index (χ0) is 32.3. The number of rotatable bonds is 4. The van der Waals surface area contributed by atoms with Crippen molar-refractivity contribution in [1.29, 1.82) is 0 Å². The molecule has 0 bridgehead atoms. The van der Waals surface area contributed by atoms with Crippen molar-refractivity contribution in [3.63, 3.8) is 0 Å². The Hall–Kier alpha value is -6.23. The Kier molecular flexibility index (Phi) is 6.36. The molecule has 10 aromatic rings. The summed E-state index contributed by atoms with van der Waals surface area (Å²) in [6.07, 6.45) is 0. The monoisotopic (exact) mass is 641 g/mol. The fraction of sp³-hybridized carbons (Fsp3) is 0. The van der Waals surface area contributed by atoms with E-state index in [-0.39, 0.29) is 0 Å². The summed E-state index contributed by atoms with van der Waals surface area (Å²) in [5.74, 6) is 1.98. The van der Waals surface area contributed by atoms with Gasteiger partial charge in [0.15, 0.2) is 17.5 Å². The van der Waals surface area contributed by atoms with Gasteiger partial charge in [-0.05, 0) is 62.3 Å². The van der Waals surface area contributed by atoms with Crippen LogP contribution < -0.4 is 0 Å². The lowest BCUT2D eigenvalue weighted by Gasteiger charge is -2.13. The maximum Gasteiger partial charge on any atom is 0.164 e. The molecule has 49 heavy (non-hydrogen) atoms. The first-order valence-electron chi connectivity index (χ1n) is 16.4. The summed E-state index contributed by atoms with van der Waals surface area (Å²) in [5, 5.41) is 9.67.